The Balaban J connectivity index is 1.52. The van der Waals surface area contributed by atoms with E-state index >= 15 is 0 Å². The van der Waals surface area contributed by atoms with Crippen molar-refractivity contribution in [1.82, 2.24) is 0 Å². The van der Waals surface area contributed by atoms with E-state index < -0.39 is 0 Å². The third-order valence-electron chi connectivity index (χ3n) is 6.02. The van der Waals surface area contributed by atoms with E-state index in [2.05, 4.69) is 0 Å². The van der Waals surface area contributed by atoms with Gasteiger partial charge in [0.1, 0.15) is 0 Å². The largest absolute Gasteiger partial charge is 0.465 e. The Morgan fingerprint density at radius 1 is 1.22 bits per heavy atom. The van der Waals surface area contributed by atoms with E-state index in [4.69, 9.17) is 4.74 Å². The second kappa shape index (κ2) is 4.86. The molecule has 0 aromatic rings. The van der Waals surface area contributed by atoms with Crippen LogP contribution in [0, 0.1) is 35.5 Å². The summed E-state index contributed by atoms with van der Waals surface area (Å²) in [7, 11) is 0. The summed E-state index contributed by atoms with van der Waals surface area (Å²) in [5, 5.41) is 0. The van der Waals surface area contributed by atoms with Gasteiger partial charge in [-0.25, -0.2) is 0 Å². The lowest BCUT2D eigenvalue weighted by Crippen LogP contribution is -2.29. The van der Waals surface area contributed by atoms with Gasteiger partial charge < -0.3 is 4.74 Å². The zero-order valence-corrected chi connectivity index (χ0v) is 11.7. The topological polar surface area (TPSA) is 26.3 Å². The van der Waals surface area contributed by atoms with Crippen LogP contribution in [-0.4, -0.2) is 12.6 Å². The summed E-state index contributed by atoms with van der Waals surface area (Å²) in [6, 6.07) is 0. The highest BCUT2D eigenvalue weighted by molar-refractivity contribution is 5.71. The molecule has 3 aliphatic carbocycles. The first-order chi connectivity index (χ1) is 8.70. The average molecular weight is 250 g/mol. The van der Waals surface area contributed by atoms with Crippen LogP contribution in [0.1, 0.15) is 52.4 Å². The van der Waals surface area contributed by atoms with Crippen molar-refractivity contribution in [3.05, 3.63) is 0 Å². The van der Waals surface area contributed by atoms with E-state index in [-0.39, 0.29) is 11.9 Å². The van der Waals surface area contributed by atoms with Gasteiger partial charge in [0, 0.05) is 0 Å². The minimum Gasteiger partial charge on any atom is -0.465 e. The fourth-order valence-corrected chi connectivity index (χ4v) is 4.90. The standard InChI is InChI=1S/C16H26O2/c1-3-10(2)16(17)18-9-12-7-11-8-15(12)14-6-4-5-13(11)14/h10-15H,3-9H2,1-2H3. The summed E-state index contributed by atoms with van der Waals surface area (Å²) in [6.45, 7) is 4.72. The molecule has 2 heteroatoms. The molecular weight excluding hydrogens is 224 g/mol. The molecule has 3 fully saturated rings. The fourth-order valence-electron chi connectivity index (χ4n) is 4.90. The molecule has 0 heterocycles. The van der Waals surface area contributed by atoms with Crippen LogP contribution in [-0.2, 0) is 9.53 Å². The van der Waals surface area contributed by atoms with E-state index in [9.17, 15) is 4.79 Å². The van der Waals surface area contributed by atoms with Crippen molar-refractivity contribution < 1.29 is 9.53 Å². The van der Waals surface area contributed by atoms with Gasteiger partial charge in [-0.15, -0.1) is 0 Å². The maximum absolute atomic E-state index is 11.7. The van der Waals surface area contributed by atoms with Crippen molar-refractivity contribution in [2.45, 2.75) is 52.4 Å². The Bertz CT molecular complexity index is 325. The molecule has 2 nitrogen and oxygen atoms in total. The first-order valence-electron chi connectivity index (χ1n) is 7.87. The van der Waals surface area contributed by atoms with Crippen molar-refractivity contribution >= 4 is 5.97 Å². The Labute approximate surface area is 110 Å². The molecule has 0 amide bonds. The number of esters is 1. The highest BCUT2D eigenvalue weighted by Crippen LogP contribution is 2.60. The molecule has 3 saturated carbocycles. The van der Waals surface area contributed by atoms with Crippen LogP contribution in [0.3, 0.4) is 0 Å². The maximum atomic E-state index is 11.7. The van der Waals surface area contributed by atoms with Gasteiger partial charge in [-0.1, -0.05) is 20.3 Å². The van der Waals surface area contributed by atoms with Crippen molar-refractivity contribution in [2.24, 2.45) is 35.5 Å². The predicted molar refractivity (Wildman–Crippen MR) is 70.9 cm³/mol. The Hall–Kier alpha value is -0.530. The van der Waals surface area contributed by atoms with Crippen LogP contribution in [0.15, 0.2) is 0 Å². The quantitative estimate of drug-likeness (QED) is 0.712. The number of carbonyl (C=O) groups is 1. The first kappa shape index (κ1) is 12.5. The van der Waals surface area contributed by atoms with Gasteiger partial charge in [0.05, 0.1) is 12.5 Å². The predicted octanol–water partition coefficient (Wildman–Crippen LogP) is 3.65. The molecule has 0 N–H and O–H groups in total. The molecule has 102 valence electrons. The molecule has 18 heavy (non-hydrogen) atoms. The van der Waals surface area contributed by atoms with Crippen LogP contribution in [0.25, 0.3) is 0 Å². The minimum absolute atomic E-state index is 0.0169. The van der Waals surface area contributed by atoms with Gasteiger partial charge in [0.25, 0.3) is 0 Å². The van der Waals surface area contributed by atoms with Crippen LogP contribution in [0.4, 0.5) is 0 Å². The summed E-state index contributed by atoms with van der Waals surface area (Å²) in [5.74, 6) is 4.64. The smallest absolute Gasteiger partial charge is 0.308 e. The number of hydrogen-bond donors (Lipinski definition) is 0. The van der Waals surface area contributed by atoms with E-state index in [0.717, 1.165) is 30.1 Å². The molecule has 0 radical (unpaired) electrons. The number of hydrogen-bond acceptors (Lipinski definition) is 2. The third kappa shape index (κ3) is 1.98. The summed E-state index contributed by atoms with van der Waals surface area (Å²) in [6.07, 6.45) is 8.02. The van der Waals surface area contributed by atoms with Gasteiger partial charge >= 0.3 is 5.97 Å². The lowest BCUT2D eigenvalue weighted by atomic mass is 9.76. The molecule has 0 aliphatic heterocycles. The molecule has 0 aromatic carbocycles. The molecule has 0 spiro atoms. The first-order valence-corrected chi connectivity index (χ1v) is 7.87. The Kier molecular flexibility index (Phi) is 3.38. The number of rotatable bonds is 4. The maximum Gasteiger partial charge on any atom is 0.308 e. The van der Waals surface area contributed by atoms with Gasteiger partial charge in [0.2, 0.25) is 0 Å². The highest BCUT2D eigenvalue weighted by Gasteiger charge is 2.53. The second-order valence-corrected chi connectivity index (χ2v) is 6.85. The molecule has 0 aromatic heterocycles. The van der Waals surface area contributed by atoms with Crippen molar-refractivity contribution in [2.75, 3.05) is 6.61 Å². The van der Waals surface area contributed by atoms with Crippen LogP contribution >= 0.6 is 0 Å². The van der Waals surface area contributed by atoms with Crippen LogP contribution in [0.2, 0.25) is 0 Å². The van der Waals surface area contributed by atoms with E-state index in [1.54, 1.807) is 0 Å². The van der Waals surface area contributed by atoms with Crippen molar-refractivity contribution in [3.63, 3.8) is 0 Å². The second-order valence-electron chi connectivity index (χ2n) is 6.85. The van der Waals surface area contributed by atoms with Crippen LogP contribution in [0.5, 0.6) is 0 Å². The van der Waals surface area contributed by atoms with Crippen molar-refractivity contribution in [1.29, 1.82) is 0 Å². The van der Waals surface area contributed by atoms with Gasteiger partial charge in [-0.05, 0) is 61.7 Å². The zero-order valence-electron chi connectivity index (χ0n) is 11.7. The molecule has 0 saturated heterocycles. The zero-order chi connectivity index (χ0) is 12.7. The molecular formula is C16H26O2. The molecule has 6 atom stereocenters. The van der Waals surface area contributed by atoms with Gasteiger partial charge in [-0.3, -0.25) is 4.79 Å². The fraction of sp³-hybridized carbons (Fsp3) is 0.938. The third-order valence-corrected chi connectivity index (χ3v) is 6.02. The SMILES string of the molecule is CCC(C)C(=O)OCC1CC2CC1C1CCCC21. The summed E-state index contributed by atoms with van der Waals surface area (Å²) >= 11 is 0. The molecule has 2 bridgehead atoms. The highest BCUT2D eigenvalue weighted by atomic mass is 16.5. The normalized spacial score (nSPS) is 42.9. The number of carbonyl (C=O) groups excluding carboxylic acids is 1. The lowest BCUT2D eigenvalue weighted by Gasteiger charge is -2.31. The van der Waals surface area contributed by atoms with E-state index in [1.807, 2.05) is 13.8 Å². The number of ether oxygens (including phenoxy) is 1. The Morgan fingerprint density at radius 2 is 2.00 bits per heavy atom. The Morgan fingerprint density at radius 3 is 2.78 bits per heavy atom. The van der Waals surface area contributed by atoms with Gasteiger partial charge in [-0.2, -0.15) is 0 Å². The number of fused-ring (bicyclic) bond motifs is 5. The molecule has 6 unspecified atom stereocenters. The average Bonchev–Trinajstić information content (AvgIpc) is 3.05. The summed E-state index contributed by atoms with van der Waals surface area (Å²) in [4.78, 5) is 11.7. The van der Waals surface area contributed by atoms with Crippen LogP contribution < -0.4 is 0 Å². The minimum atomic E-state index is 0.0169. The molecule has 3 aliphatic rings. The summed E-state index contributed by atoms with van der Waals surface area (Å²) < 4.78 is 5.54. The molecule has 3 rings (SSSR count). The lowest BCUT2D eigenvalue weighted by molar-refractivity contribution is -0.150. The summed E-state index contributed by atoms with van der Waals surface area (Å²) in [5.41, 5.74) is 0. The van der Waals surface area contributed by atoms with E-state index in [1.165, 1.54) is 32.1 Å². The van der Waals surface area contributed by atoms with Crippen molar-refractivity contribution in [3.8, 4) is 0 Å². The van der Waals surface area contributed by atoms with Gasteiger partial charge in [0.15, 0.2) is 0 Å². The van der Waals surface area contributed by atoms with E-state index in [0.29, 0.717) is 12.5 Å². The monoisotopic (exact) mass is 250 g/mol.